The molecule has 0 spiro atoms. The van der Waals surface area contributed by atoms with Crippen molar-refractivity contribution in [2.45, 2.75) is 44.8 Å². The van der Waals surface area contributed by atoms with Crippen molar-refractivity contribution in [3.8, 4) is 10.6 Å². The summed E-state index contributed by atoms with van der Waals surface area (Å²) < 4.78 is 42.2. The van der Waals surface area contributed by atoms with Gasteiger partial charge in [0, 0.05) is 30.9 Å². The summed E-state index contributed by atoms with van der Waals surface area (Å²) in [4.78, 5) is 23.7. The predicted molar refractivity (Wildman–Crippen MR) is 111 cm³/mol. The van der Waals surface area contributed by atoms with E-state index in [0.29, 0.717) is 24.3 Å². The summed E-state index contributed by atoms with van der Waals surface area (Å²) >= 11 is 1.33. The number of hydrogen-bond acceptors (Lipinski definition) is 5. The van der Waals surface area contributed by atoms with E-state index in [9.17, 15) is 18.0 Å². The molecule has 1 aliphatic rings. The van der Waals surface area contributed by atoms with E-state index in [1.165, 1.54) is 11.3 Å². The number of halogens is 3. The van der Waals surface area contributed by atoms with Gasteiger partial charge in [-0.3, -0.25) is 9.48 Å². The second-order valence-corrected chi connectivity index (χ2v) is 8.64. The Bertz CT molecular complexity index is 1060. The van der Waals surface area contributed by atoms with Gasteiger partial charge in [-0.2, -0.15) is 18.3 Å². The van der Waals surface area contributed by atoms with Crippen molar-refractivity contribution < 1.29 is 18.0 Å². The third-order valence-electron chi connectivity index (χ3n) is 5.50. The number of alkyl halides is 3. The highest BCUT2D eigenvalue weighted by Crippen LogP contribution is 2.34. The van der Waals surface area contributed by atoms with Gasteiger partial charge in [-0.05, 0) is 50.3 Å². The molecule has 3 aromatic heterocycles. The maximum Gasteiger partial charge on any atom is 0.433 e. The first-order valence-electron chi connectivity index (χ1n) is 10.0. The van der Waals surface area contributed by atoms with E-state index in [1.807, 2.05) is 13.0 Å². The standard InChI is InChI=1S/C21H22F3N5OS/c1-13-7-8-25-29(13)14(2)20(30)28-9-3-5-15(12-28)19-26-16(17-6-4-10-31-17)11-18(27-19)21(22,23)24/h4,6-8,10-11,14-15H,3,5,9,12H2,1-2H3/t14-,15-/m1/s1. The number of piperidine rings is 1. The molecule has 0 saturated carbocycles. The van der Waals surface area contributed by atoms with Gasteiger partial charge in [0.05, 0.1) is 10.6 Å². The molecule has 164 valence electrons. The minimum atomic E-state index is -4.57. The number of carbonyl (C=O) groups is 1. The van der Waals surface area contributed by atoms with Gasteiger partial charge in [-0.25, -0.2) is 9.97 Å². The summed E-state index contributed by atoms with van der Waals surface area (Å²) in [7, 11) is 0. The Morgan fingerprint density at radius 3 is 2.74 bits per heavy atom. The van der Waals surface area contributed by atoms with Gasteiger partial charge in [0.1, 0.15) is 17.6 Å². The van der Waals surface area contributed by atoms with Crippen LogP contribution in [0.2, 0.25) is 0 Å². The molecule has 6 nitrogen and oxygen atoms in total. The molecule has 0 aliphatic carbocycles. The van der Waals surface area contributed by atoms with Crippen molar-refractivity contribution in [2.24, 2.45) is 0 Å². The Hall–Kier alpha value is -2.75. The molecule has 1 amide bonds. The zero-order valence-corrected chi connectivity index (χ0v) is 18.0. The molecule has 4 rings (SSSR count). The summed E-state index contributed by atoms with van der Waals surface area (Å²) in [5, 5.41) is 6.00. The first-order valence-corrected chi connectivity index (χ1v) is 10.9. The molecule has 0 aromatic carbocycles. The highest BCUT2D eigenvalue weighted by Gasteiger charge is 2.36. The lowest BCUT2D eigenvalue weighted by atomic mass is 9.96. The number of carbonyl (C=O) groups excluding carboxylic acids is 1. The van der Waals surface area contributed by atoms with Crippen LogP contribution in [0.5, 0.6) is 0 Å². The van der Waals surface area contributed by atoms with Crippen molar-refractivity contribution >= 4 is 17.2 Å². The number of thiophene rings is 1. The van der Waals surface area contributed by atoms with E-state index < -0.39 is 17.9 Å². The number of aryl methyl sites for hydroxylation is 1. The van der Waals surface area contributed by atoms with Crippen LogP contribution in [0.25, 0.3) is 10.6 Å². The monoisotopic (exact) mass is 449 g/mol. The highest BCUT2D eigenvalue weighted by molar-refractivity contribution is 7.13. The highest BCUT2D eigenvalue weighted by atomic mass is 32.1. The van der Waals surface area contributed by atoms with Gasteiger partial charge in [0.15, 0.2) is 0 Å². The predicted octanol–water partition coefficient (Wildman–Crippen LogP) is 4.70. The van der Waals surface area contributed by atoms with Crippen LogP contribution in [0.15, 0.2) is 35.8 Å². The number of rotatable bonds is 4. The Labute approximate surface area is 181 Å². The second-order valence-electron chi connectivity index (χ2n) is 7.69. The molecule has 1 aliphatic heterocycles. The first kappa shape index (κ1) is 21.5. The fourth-order valence-corrected chi connectivity index (χ4v) is 4.57. The van der Waals surface area contributed by atoms with E-state index >= 15 is 0 Å². The molecule has 0 unspecified atom stereocenters. The van der Waals surface area contributed by atoms with E-state index in [1.54, 1.807) is 40.2 Å². The average Bonchev–Trinajstić information content (AvgIpc) is 3.44. The van der Waals surface area contributed by atoms with Crippen molar-refractivity contribution in [3.05, 3.63) is 53.1 Å². The normalized spacial score (nSPS) is 18.2. The molecular formula is C21H22F3N5OS. The molecule has 4 heterocycles. The first-order chi connectivity index (χ1) is 14.7. The fourth-order valence-electron chi connectivity index (χ4n) is 3.89. The van der Waals surface area contributed by atoms with E-state index in [0.717, 1.165) is 11.8 Å². The second kappa shape index (κ2) is 8.41. The zero-order valence-electron chi connectivity index (χ0n) is 17.1. The SMILES string of the molecule is Cc1ccnn1[C@H](C)C(=O)N1CCC[C@@H](c2nc(-c3cccs3)cc(C(F)(F)F)n2)C1. The average molecular weight is 450 g/mol. The van der Waals surface area contributed by atoms with Crippen LogP contribution in [-0.4, -0.2) is 43.6 Å². The van der Waals surface area contributed by atoms with Crippen molar-refractivity contribution in [1.82, 2.24) is 24.6 Å². The Morgan fingerprint density at radius 2 is 2.10 bits per heavy atom. The summed E-state index contributed by atoms with van der Waals surface area (Å²) in [5.74, 6) is -0.328. The van der Waals surface area contributed by atoms with Gasteiger partial charge in [0.2, 0.25) is 5.91 Å². The van der Waals surface area contributed by atoms with E-state index in [-0.39, 0.29) is 29.9 Å². The summed E-state index contributed by atoms with van der Waals surface area (Å²) in [6.45, 7) is 4.49. The molecule has 0 N–H and O–H groups in total. The lowest BCUT2D eigenvalue weighted by Gasteiger charge is -2.34. The number of nitrogens with zero attached hydrogens (tertiary/aromatic N) is 5. The minimum Gasteiger partial charge on any atom is -0.340 e. The van der Waals surface area contributed by atoms with Crippen LogP contribution in [0.1, 0.15) is 48.9 Å². The van der Waals surface area contributed by atoms with Crippen LogP contribution in [0.4, 0.5) is 13.2 Å². The Kier molecular flexibility index (Phi) is 5.83. The van der Waals surface area contributed by atoms with E-state index in [2.05, 4.69) is 15.1 Å². The third kappa shape index (κ3) is 4.48. The third-order valence-corrected chi connectivity index (χ3v) is 6.39. The minimum absolute atomic E-state index is 0.109. The number of amides is 1. The van der Waals surface area contributed by atoms with E-state index in [4.69, 9.17) is 0 Å². The molecule has 2 atom stereocenters. The molecule has 10 heteroatoms. The van der Waals surface area contributed by atoms with Gasteiger partial charge in [-0.15, -0.1) is 11.3 Å². The maximum atomic E-state index is 13.5. The Balaban J connectivity index is 1.61. The molecule has 1 saturated heterocycles. The lowest BCUT2D eigenvalue weighted by Crippen LogP contribution is -2.43. The summed E-state index contributed by atoms with van der Waals surface area (Å²) in [6.07, 6.45) is -1.62. The lowest BCUT2D eigenvalue weighted by molar-refractivity contribution is -0.141. The zero-order chi connectivity index (χ0) is 22.2. The van der Waals surface area contributed by atoms with Crippen LogP contribution < -0.4 is 0 Å². The summed E-state index contributed by atoms with van der Waals surface area (Å²) in [6, 6.07) is 5.84. The molecule has 1 fully saturated rings. The van der Waals surface area contributed by atoms with Crippen molar-refractivity contribution in [2.75, 3.05) is 13.1 Å². The van der Waals surface area contributed by atoms with Crippen molar-refractivity contribution in [3.63, 3.8) is 0 Å². The van der Waals surface area contributed by atoms with Crippen LogP contribution in [0, 0.1) is 6.92 Å². The van der Waals surface area contributed by atoms with Gasteiger partial charge >= 0.3 is 6.18 Å². The molecule has 3 aromatic rings. The fraction of sp³-hybridized carbons (Fsp3) is 0.429. The smallest absolute Gasteiger partial charge is 0.340 e. The van der Waals surface area contributed by atoms with Crippen LogP contribution in [0.3, 0.4) is 0 Å². The summed E-state index contributed by atoms with van der Waals surface area (Å²) in [5.41, 5.74) is 0.178. The molecule has 0 radical (unpaired) electrons. The van der Waals surface area contributed by atoms with Gasteiger partial charge < -0.3 is 4.90 Å². The van der Waals surface area contributed by atoms with Crippen LogP contribution in [-0.2, 0) is 11.0 Å². The Morgan fingerprint density at radius 1 is 1.29 bits per heavy atom. The largest absolute Gasteiger partial charge is 0.433 e. The molecule has 31 heavy (non-hydrogen) atoms. The van der Waals surface area contributed by atoms with Gasteiger partial charge in [0.25, 0.3) is 0 Å². The number of aromatic nitrogens is 4. The van der Waals surface area contributed by atoms with Crippen molar-refractivity contribution in [1.29, 1.82) is 0 Å². The van der Waals surface area contributed by atoms with Gasteiger partial charge in [-0.1, -0.05) is 6.07 Å². The topological polar surface area (TPSA) is 63.9 Å². The molecule has 0 bridgehead atoms. The molecular weight excluding hydrogens is 427 g/mol. The number of likely N-dealkylation sites (tertiary alicyclic amines) is 1. The maximum absolute atomic E-state index is 13.5. The number of hydrogen-bond donors (Lipinski definition) is 0. The van der Waals surface area contributed by atoms with Crippen LogP contribution >= 0.6 is 11.3 Å². The quantitative estimate of drug-likeness (QED) is 0.579.